The minimum absolute atomic E-state index is 0.0303. The first-order chi connectivity index (χ1) is 13.1. The summed E-state index contributed by atoms with van der Waals surface area (Å²) < 4.78 is 5.36. The van der Waals surface area contributed by atoms with E-state index in [1.165, 1.54) is 0 Å². The first kappa shape index (κ1) is 19.4. The van der Waals surface area contributed by atoms with Crippen LogP contribution in [0.2, 0.25) is 0 Å². The Bertz CT molecular complexity index is 664. The number of amides is 2. The van der Waals surface area contributed by atoms with Crippen molar-refractivity contribution in [1.29, 1.82) is 0 Å². The molecule has 0 saturated carbocycles. The van der Waals surface area contributed by atoms with Crippen molar-refractivity contribution in [2.24, 2.45) is 11.8 Å². The zero-order valence-electron chi connectivity index (χ0n) is 15.3. The van der Waals surface area contributed by atoms with Crippen LogP contribution >= 0.6 is 0 Å². The molecular weight excluding hydrogens is 348 g/mol. The molecule has 2 atom stereocenters. The van der Waals surface area contributed by atoms with Crippen molar-refractivity contribution in [2.45, 2.75) is 31.7 Å². The lowest BCUT2D eigenvalue weighted by molar-refractivity contribution is -0.146. The third-order valence-electron chi connectivity index (χ3n) is 5.40. The van der Waals surface area contributed by atoms with Crippen LogP contribution in [0.1, 0.15) is 36.0 Å². The van der Waals surface area contributed by atoms with Crippen molar-refractivity contribution >= 4 is 17.8 Å². The van der Waals surface area contributed by atoms with Gasteiger partial charge in [0.1, 0.15) is 6.04 Å². The molecule has 1 aromatic rings. The van der Waals surface area contributed by atoms with Gasteiger partial charge in [-0.15, -0.1) is 0 Å². The lowest BCUT2D eigenvalue weighted by Gasteiger charge is -2.33. The van der Waals surface area contributed by atoms with Crippen molar-refractivity contribution in [1.82, 2.24) is 10.2 Å². The van der Waals surface area contributed by atoms with E-state index in [-0.39, 0.29) is 23.7 Å². The summed E-state index contributed by atoms with van der Waals surface area (Å²) in [5.74, 6) is -1.75. The molecular formula is C20H26N2O5. The molecule has 3 rings (SSSR count). The number of hydrogen-bond acceptors (Lipinski definition) is 4. The maximum atomic E-state index is 12.6. The number of benzene rings is 1. The highest BCUT2D eigenvalue weighted by Gasteiger charge is 2.34. The number of carboxylic acids is 1. The molecule has 2 unspecified atom stereocenters. The monoisotopic (exact) mass is 374 g/mol. The molecule has 0 aliphatic carbocycles. The van der Waals surface area contributed by atoms with Gasteiger partial charge in [0.25, 0.3) is 5.91 Å². The molecule has 2 aliphatic rings. The summed E-state index contributed by atoms with van der Waals surface area (Å²) in [7, 11) is 0. The molecule has 27 heavy (non-hydrogen) atoms. The average Bonchev–Trinajstić information content (AvgIpc) is 2.72. The van der Waals surface area contributed by atoms with E-state index >= 15 is 0 Å². The second-order valence-corrected chi connectivity index (χ2v) is 7.23. The molecule has 2 aliphatic heterocycles. The summed E-state index contributed by atoms with van der Waals surface area (Å²) in [4.78, 5) is 38.4. The van der Waals surface area contributed by atoms with Crippen LogP contribution < -0.4 is 5.32 Å². The highest BCUT2D eigenvalue weighted by molar-refractivity contribution is 5.94. The van der Waals surface area contributed by atoms with Crippen LogP contribution in [0.15, 0.2) is 30.3 Å². The van der Waals surface area contributed by atoms with Crippen LogP contribution in [-0.2, 0) is 14.3 Å². The van der Waals surface area contributed by atoms with E-state index in [1.807, 2.05) is 18.2 Å². The number of nitrogens with zero attached hydrogens (tertiary/aromatic N) is 1. The van der Waals surface area contributed by atoms with Crippen molar-refractivity contribution < 1.29 is 24.2 Å². The zero-order valence-corrected chi connectivity index (χ0v) is 15.3. The van der Waals surface area contributed by atoms with Gasteiger partial charge in [-0.3, -0.25) is 9.59 Å². The molecule has 7 nitrogen and oxygen atoms in total. The molecule has 0 radical (unpaired) electrons. The van der Waals surface area contributed by atoms with Crippen LogP contribution in [0.3, 0.4) is 0 Å². The van der Waals surface area contributed by atoms with Crippen LogP contribution in [-0.4, -0.2) is 60.1 Å². The molecule has 2 amide bonds. The topological polar surface area (TPSA) is 95.9 Å². The van der Waals surface area contributed by atoms with Crippen LogP contribution in [0.5, 0.6) is 0 Å². The predicted octanol–water partition coefficient (Wildman–Crippen LogP) is 1.53. The number of carbonyl (C=O) groups excluding carboxylic acids is 2. The van der Waals surface area contributed by atoms with E-state index in [9.17, 15) is 19.5 Å². The molecule has 2 fully saturated rings. The maximum Gasteiger partial charge on any atom is 0.326 e. The Balaban J connectivity index is 1.53. The standard InChI is InChI=1S/C20H26N2O5/c23-18(21-17(20(25)26)16-7-4-12-27-13-16)14-8-10-22(11-9-14)19(24)15-5-2-1-3-6-15/h1-3,5-6,14,16-17H,4,7-13H2,(H,21,23)(H,25,26). The smallest absolute Gasteiger partial charge is 0.326 e. The van der Waals surface area contributed by atoms with Gasteiger partial charge in [-0.25, -0.2) is 4.79 Å². The van der Waals surface area contributed by atoms with Gasteiger partial charge in [0, 0.05) is 37.1 Å². The van der Waals surface area contributed by atoms with Gasteiger partial charge in [0.15, 0.2) is 0 Å². The van der Waals surface area contributed by atoms with Crippen LogP contribution in [0.25, 0.3) is 0 Å². The van der Waals surface area contributed by atoms with Gasteiger partial charge < -0.3 is 20.1 Å². The molecule has 146 valence electrons. The highest BCUT2D eigenvalue weighted by Crippen LogP contribution is 2.22. The molecule has 1 aromatic carbocycles. The molecule has 2 heterocycles. The maximum absolute atomic E-state index is 12.6. The minimum Gasteiger partial charge on any atom is -0.480 e. The fourth-order valence-corrected chi connectivity index (χ4v) is 3.79. The zero-order chi connectivity index (χ0) is 19.2. The number of piperidine rings is 1. The summed E-state index contributed by atoms with van der Waals surface area (Å²) in [6.07, 6.45) is 2.63. The average molecular weight is 374 g/mol. The van der Waals surface area contributed by atoms with Gasteiger partial charge in [0.2, 0.25) is 5.91 Å². The van der Waals surface area contributed by atoms with Gasteiger partial charge in [-0.2, -0.15) is 0 Å². The van der Waals surface area contributed by atoms with Crippen molar-refractivity contribution in [3.8, 4) is 0 Å². The molecule has 2 saturated heterocycles. The minimum atomic E-state index is -1.02. The third kappa shape index (κ3) is 4.86. The molecule has 0 bridgehead atoms. The lowest BCUT2D eigenvalue weighted by Crippen LogP contribution is -2.51. The number of ether oxygens (including phenoxy) is 1. The fourth-order valence-electron chi connectivity index (χ4n) is 3.79. The molecule has 0 aromatic heterocycles. The van der Waals surface area contributed by atoms with Gasteiger partial charge in [-0.1, -0.05) is 18.2 Å². The Morgan fingerprint density at radius 1 is 1.11 bits per heavy atom. The quantitative estimate of drug-likeness (QED) is 0.815. The summed E-state index contributed by atoms with van der Waals surface area (Å²) in [5.41, 5.74) is 0.642. The van der Waals surface area contributed by atoms with Crippen molar-refractivity contribution in [3.63, 3.8) is 0 Å². The van der Waals surface area contributed by atoms with E-state index in [0.717, 1.165) is 12.8 Å². The van der Waals surface area contributed by atoms with E-state index < -0.39 is 12.0 Å². The normalized spacial score (nSPS) is 22.1. The third-order valence-corrected chi connectivity index (χ3v) is 5.40. The van der Waals surface area contributed by atoms with Gasteiger partial charge in [0.05, 0.1) is 6.61 Å². The first-order valence-corrected chi connectivity index (χ1v) is 9.51. The number of carbonyl (C=O) groups is 3. The number of aliphatic carboxylic acids is 1. The Kier molecular flexibility index (Phi) is 6.45. The van der Waals surface area contributed by atoms with Gasteiger partial charge in [-0.05, 0) is 37.8 Å². The van der Waals surface area contributed by atoms with E-state index in [0.29, 0.717) is 44.7 Å². The molecule has 2 N–H and O–H groups in total. The number of likely N-dealkylation sites (tertiary alicyclic amines) is 1. The Morgan fingerprint density at radius 2 is 1.81 bits per heavy atom. The van der Waals surface area contributed by atoms with E-state index in [1.54, 1.807) is 17.0 Å². The largest absolute Gasteiger partial charge is 0.480 e. The predicted molar refractivity (Wildman–Crippen MR) is 98.2 cm³/mol. The fraction of sp³-hybridized carbons (Fsp3) is 0.550. The Hall–Kier alpha value is -2.41. The number of rotatable bonds is 5. The second-order valence-electron chi connectivity index (χ2n) is 7.23. The lowest BCUT2D eigenvalue weighted by atomic mass is 9.91. The van der Waals surface area contributed by atoms with Crippen LogP contribution in [0.4, 0.5) is 0 Å². The Morgan fingerprint density at radius 3 is 2.41 bits per heavy atom. The van der Waals surface area contributed by atoms with Crippen molar-refractivity contribution in [2.75, 3.05) is 26.3 Å². The first-order valence-electron chi connectivity index (χ1n) is 9.51. The summed E-state index contributed by atoms with van der Waals surface area (Å²) in [6.45, 7) is 2.00. The number of hydrogen-bond donors (Lipinski definition) is 2. The summed E-state index contributed by atoms with van der Waals surface area (Å²) in [5, 5.41) is 12.2. The van der Waals surface area contributed by atoms with Crippen LogP contribution in [0, 0.1) is 11.8 Å². The number of nitrogens with one attached hydrogen (secondary N) is 1. The van der Waals surface area contributed by atoms with Crippen molar-refractivity contribution in [3.05, 3.63) is 35.9 Å². The van der Waals surface area contributed by atoms with Gasteiger partial charge >= 0.3 is 5.97 Å². The van der Waals surface area contributed by atoms with E-state index in [2.05, 4.69) is 5.32 Å². The summed E-state index contributed by atoms with van der Waals surface area (Å²) in [6, 6.07) is 8.17. The number of carboxylic acid groups (broad SMARTS) is 1. The molecule has 7 heteroatoms. The van der Waals surface area contributed by atoms with E-state index in [4.69, 9.17) is 4.74 Å². The second kappa shape index (κ2) is 8.99. The Labute approximate surface area is 158 Å². The summed E-state index contributed by atoms with van der Waals surface area (Å²) >= 11 is 0. The highest BCUT2D eigenvalue weighted by atomic mass is 16.5. The molecule has 0 spiro atoms. The SMILES string of the molecule is O=C(NC(C(=O)O)C1CCCOC1)C1CCN(C(=O)c2ccccc2)CC1.